The SMILES string of the molecule is CN1C(=O)Cc2cc(NCC3(CO)CCC3)ccc21. The highest BCUT2D eigenvalue weighted by atomic mass is 16.3. The van der Waals surface area contributed by atoms with Crippen LogP contribution in [0, 0.1) is 5.41 Å². The molecule has 0 spiro atoms. The maximum absolute atomic E-state index is 11.6. The number of aliphatic hydroxyl groups excluding tert-OH is 1. The number of amides is 1. The maximum atomic E-state index is 11.6. The second-order valence-corrected chi connectivity index (χ2v) is 5.84. The molecule has 0 unspecified atom stereocenters. The lowest BCUT2D eigenvalue weighted by Crippen LogP contribution is -2.39. The maximum Gasteiger partial charge on any atom is 0.231 e. The Balaban J connectivity index is 1.70. The van der Waals surface area contributed by atoms with E-state index in [0.29, 0.717) is 6.42 Å². The molecule has 19 heavy (non-hydrogen) atoms. The van der Waals surface area contributed by atoms with E-state index in [9.17, 15) is 9.90 Å². The molecule has 2 N–H and O–H groups in total. The molecule has 0 bridgehead atoms. The van der Waals surface area contributed by atoms with Gasteiger partial charge in [-0.1, -0.05) is 6.42 Å². The summed E-state index contributed by atoms with van der Waals surface area (Å²) < 4.78 is 0. The van der Waals surface area contributed by atoms with Crippen LogP contribution in [0.1, 0.15) is 24.8 Å². The van der Waals surface area contributed by atoms with Crippen molar-refractivity contribution in [1.82, 2.24) is 0 Å². The lowest BCUT2D eigenvalue weighted by Gasteiger charge is -2.40. The van der Waals surface area contributed by atoms with Gasteiger partial charge in [0.1, 0.15) is 0 Å². The molecule has 0 atom stereocenters. The number of nitrogens with zero attached hydrogens (tertiary/aromatic N) is 1. The summed E-state index contributed by atoms with van der Waals surface area (Å²) in [4.78, 5) is 13.3. The zero-order chi connectivity index (χ0) is 13.5. The van der Waals surface area contributed by atoms with Gasteiger partial charge >= 0.3 is 0 Å². The van der Waals surface area contributed by atoms with Crippen LogP contribution in [0.15, 0.2) is 18.2 Å². The third-order valence-electron chi connectivity index (χ3n) is 4.57. The standard InChI is InChI=1S/C15H20N2O2/c1-17-13-4-3-12(7-11(13)8-14(17)19)16-9-15(10-18)5-2-6-15/h3-4,7,16,18H,2,5-6,8-10H2,1H3. The molecule has 1 saturated carbocycles. The van der Waals surface area contributed by atoms with Crippen LogP contribution in [0.25, 0.3) is 0 Å². The highest BCUT2D eigenvalue weighted by molar-refractivity contribution is 6.01. The largest absolute Gasteiger partial charge is 0.396 e. The number of benzene rings is 1. The van der Waals surface area contributed by atoms with Crippen molar-refractivity contribution in [3.63, 3.8) is 0 Å². The number of hydrogen-bond donors (Lipinski definition) is 2. The molecule has 102 valence electrons. The Labute approximate surface area is 113 Å². The molecule has 1 amide bonds. The van der Waals surface area contributed by atoms with Gasteiger partial charge in [0.15, 0.2) is 0 Å². The monoisotopic (exact) mass is 260 g/mol. The van der Waals surface area contributed by atoms with E-state index in [2.05, 4.69) is 11.4 Å². The smallest absolute Gasteiger partial charge is 0.231 e. The second-order valence-electron chi connectivity index (χ2n) is 5.84. The summed E-state index contributed by atoms with van der Waals surface area (Å²) in [6.07, 6.45) is 3.91. The Morgan fingerprint density at radius 3 is 2.84 bits per heavy atom. The van der Waals surface area contributed by atoms with E-state index in [1.54, 1.807) is 4.90 Å². The minimum absolute atomic E-state index is 0.0750. The molecule has 0 aromatic heterocycles. The molecule has 1 heterocycles. The highest BCUT2D eigenvalue weighted by Crippen LogP contribution is 2.40. The van der Waals surface area contributed by atoms with Crippen molar-refractivity contribution in [3.8, 4) is 0 Å². The Morgan fingerprint density at radius 1 is 1.42 bits per heavy atom. The van der Waals surface area contributed by atoms with E-state index in [-0.39, 0.29) is 17.9 Å². The molecule has 0 saturated heterocycles. The van der Waals surface area contributed by atoms with Crippen molar-refractivity contribution in [2.45, 2.75) is 25.7 Å². The summed E-state index contributed by atoms with van der Waals surface area (Å²) in [5, 5.41) is 12.9. The Kier molecular flexibility index (Phi) is 2.97. The van der Waals surface area contributed by atoms with E-state index in [4.69, 9.17) is 0 Å². The number of rotatable bonds is 4. The molecule has 0 radical (unpaired) electrons. The number of hydrogen-bond acceptors (Lipinski definition) is 3. The Bertz CT molecular complexity index is 503. The van der Waals surface area contributed by atoms with Crippen LogP contribution in [0.3, 0.4) is 0 Å². The summed E-state index contributed by atoms with van der Waals surface area (Å²) >= 11 is 0. The first-order chi connectivity index (χ1) is 9.13. The third kappa shape index (κ3) is 2.10. The second kappa shape index (κ2) is 4.53. The number of aliphatic hydroxyl groups is 1. The van der Waals surface area contributed by atoms with Crippen LogP contribution in [0.4, 0.5) is 11.4 Å². The number of carbonyl (C=O) groups excluding carboxylic acids is 1. The number of fused-ring (bicyclic) bond motifs is 1. The summed E-state index contributed by atoms with van der Waals surface area (Å²) in [5.41, 5.74) is 3.22. The molecule has 3 rings (SSSR count). The number of nitrogens with one attached hydrogen (secondary N) is 1. The molecule has 2 aliphatic rings. The number of likely N-dealkylation sites (N-methyl/N-ethyl adjacent to an activating group) is 1. The summed E-state index contributed by atoms with van der Waals surface area (Å²) in [6.45, 7) is 1.07. The van der Waals surface area contributed by atoms with Crippen LogP contribution in [-0.4, -0.2) is 31.2 Å². The van der Waals surface area contributed by atoms with Gasteiger partial charge in [-0.3, -0.25) is 4.79 Å². The van der Waals surface area contributed by atoms with E-state index < -0.39 is 0 Å². The van der Waals surface area contributed by atoms with Crippen molar-refractivity contribution >= 4 is 17.3 Å². The van der Waals surface area contributed by atoms with Gasteiger partial charge in [-0.25, -0.2) is 0 Å². The fourth-order valence-corrected chi connectivity index (χ4v) is 2.94. The zero-order valence-electron chi connectivity index (χ0n) is 11.3. The van der Waals surface area contributed by atoms with Gasteiger partial charge in [-0.2, -0.15) is 0 Å². The van der Waals surface area contributed by atoms with Gasteiger partial charge in [-0.05, 0) is 36.6 Å². The fraction of sp³-hybridized carbons (Fsp3) is 0.533. The average Bonchev–Trinajstić information content (AvgIpc) is 2.64. The van der Waals surface area contributed by atoms with Crippen LogP contribution >= 0.6 is 0 Å². The number of anilines is 2. The topological polar surface area (TPSA) is 52.6 Å². The lowest BCUT2D eigenvalue weighted by atomic mass is 9.69. The quantitative estimate of drug-likeness (QED) is 0.867. The molecular weight excluding hydrogens is 240 g/mol. The van der Waals surface area contributed by atoms with Crippen molar-refractivity contribution in [1.29, 1.82) is 0 Å². The molecule has 1 aliphatic carbocycles. The van der Waals surface area contributed by atoms with E-state index >= 15 is 0 Å². The minimum Gasteiger partial charge on any atom is -0.396 e. The van der Waals surface area contributed by atoms with Crippen LogP contribution in [-0.2, 0) is 11.2 Å². The van der Waals surface area contributed by atoms with Gasteiger partial charge in [0.25, 0.3) is 0 Å². The first-order valence-electron chi connectivity index (χ1n) is 6.88. The van der Waals surface area contributed by atoms with E-state index in [0.717, 1.165) is 36.3 Å². The van der Waals surface area contributed by atoms with Gasteiger partial charge in [0.05, 0.1) is 13.0 Å². The first-order valence-corrected chi connectivity index (χ1v) is 6.88. The summed E-state index contributed by atoms with van der Waals surface area (Å²) in [6, 6.07) is 6.06. The predicted molar refractivity (Wildman–Crippen MR) is 75.4 cm³/mol. The Morgan fingerprint density at radius 2 is 2.21 bits per heavy atom. The van der Waals surface area contributed by atoms with Gasteiger partial charge in [0, 0.05) is 30.4 Å². The average molecular weight is 260 g/mol. The fourth-order valence-electron chi connectivity index (χ4n) is 2.94. The minimum atomic E-state index is 0.0750. The number of carbonyl (C=O) groups is 1. The summed E-state index contributed by atoms with van der Waals surface area (Å²) in [5.74, 6) is 0.151. The van der Waals surface area contributed by atoms with Crippen molar-refractivity contribution in [2.75, 3.05) is 30.4 Å². The molecular formula is C15H20N2O2. The first kappa shape index (κ1) is 12.5. The Hall–Kier alpha value is -1.55. The van der Waals surface area contributed by atoms with Gasteiger partial charge in [-0.15, -0.1) is 0 Å². The third-order valence-corrected chi connectivity index (χ3v) is 4.57. The van der Waals surface area contributed by atoms with Crippen molar-refractivity contribution < 1.29 is 9.90 Å². The van der Waals surface area contributed by atoms with Crippen molar-refractivity contribution in [3.05, 3.63) is 23.8 Å². The van der Waals surface area contributed by atoms with Gasteiger partial charge < -0.3 is 15.3 Å². The van der Waals surface area contributed by atoms with Crippen LogP contribution in [0.5, 0.6) is 0 Å². The highest BCUT2D eigenvalue weighted by Gasteiger charge is 2.36. The molecule has 1 fully saturated rings. The molecule has 4 nitrogen and oxygen atoms in total. The van der Waals surface area contributed by atoms with Gasteiger partial charge in [0.2, 0.25) is 5.91 Å². The molecule has 1 aromatic rings. The van der Waals surface area contributed by atoms with E-state index in [1.807, 2.05) is 19.2 Å². The molecule has 4 heteroatoms. The molecule has 1 aromatic carbocycles. The zero-order valence-corrected chi connectivity index (χ0v) is 11.3. The summed E-state index contributed by atoms with van der Waals surface area (Å²) in [7, 11) is 1.82. The predicted octanol–water partition coefficient (Wildman–Crippen LogP) is 1.78. The van der Waals surface area contributed by atoms with Crippen LogP contribution in [0.2, 0.25) is 0 Å². The van der Waals surface area contributed by atoms with E-state index in [1.165, 1.54) is 6.42 Å². The van der Waals surface area contributed by atoms with Crippen molar-refractivity contribution in [2.24, 2.45) is 5.41 Å². The molecule has 1 aliphatic heterocycles. The normalized spacial score (nSPS) is 20.1. The lowest BCUT2D eigenvalue weighted by molar-refractivity contribution is -0.117. The van der Waals surface area contributed by atoms with Crippen LogP contribution < -0.4 is 10.2 Å².